The van der Waals surface area contributed by atoms with Crippen LogP contribution in [0.5, 0.6) is 0 Å². The minimum Gasteiger partial charge on any atom is -0.458 e. The van der Waals surface area contributed by atoms with Crippen molar-refractivity contribution in [2.24, 2.45) is 5.92 Å². The zero-order valence-electron chi connectivity index (χ0n) is 18.4. The van der Waals surface area contributed by atoms with Crippen LogP contribution in [0.25, 0.3) is 0 Å². The molecule has 0 fully saturated rings. The van der Waals surface area contributed by atoms with Crippen molar-refractivity contribution < 1.29 is 14.3 Å². The third-order valence-electron chi connectivity index (χ3n) is 4.36. The lowest BCUT2D eigenvalue weighted by atomic mass is 10.0. The van der Waals surface area contributed by atoms with E-state index in [9.17, 15) is 9.59 Å². The monoisotopic (exact) mass is 391 g/mol. The predicted octanol–water partition coefficient (Wildman–Crippen LogP) is 4.36. The van der Waals surface area contributed by atoms with Crippen molar-refractivity contribution >= 4 is 23.3 Å². The maximum Gasteiger partial charge on any atom is 0.329 e. The van der Waals surface area contributed by atoms with Crippen molar-refractivity contribution in [3.05, 3.63) is 23.8 Å². The normalized spacial score (nSPS) is 12.8. The lowest BCUT2D eigenvalue weighted by Crippen LogP contribution is -2.45. The summed E-state index contributed by atoms with van der Waals surface area (Å²) in [5, 5.41) is 6.20. The first kappa shape index (κ1) is 23.8. The molecule has 0 bridgehead atoms. The lowest BCUT2D eigenvalue weighted by molar-refractivity contribution is -0.157. The third kappa shape index (κ3) is 7.79. The van der Waals surface area contributed by atoms with E-state index in [1.165, 1.54) is 0 Å². The maximum absolute atomic E-state index is 12.7. The van der Waals surface area contributed by atoms with Crippen LogP contribution >= 0.6 is 0 Å². The SMILES string of the molecule is CCC(CC)Nc1ccc(C(=O)N[C@@H](CC(C)C)C(=O)OC(C)(C)C)cc1N. The summed E-state index contributed by atoms with van der Waals surface area (Å²) in [6.45, 7) is 13.7. The smallest absolute Gasteiger partial charge is 0.329 e. The van der Waals surface area contributed by atoms with Gasteiger partial charge in [-0.05, 0) is 64.2 Å². The molecule has 6 nitrogen and oxygen atoms in total. The number of hydrogen-bond acceptors (Lipinski definition) is 5. The van der Waals surface area contributed by atoms with Crippen LogP contribution in [0.1, 0.15) is 78.1 Å². The standard InChI is InChI=1S/C22H37N3O3/c1-8-16(9-2)24-18-11-10-15(13-17(18)23)20(26)25-19(12-14(3)4)21(27)28-22(5,6)7/h10-11,13-14,16,19,24H,8-9,12,23H2,1-7H3,(H,25,26)/t19-/m0/s1. The number of rotatable bonds is 9. The largest absolute Gasteiger partial charge is 0.458 e. The van der Waals surface area contributed by atoms with Crippen LogP contribution in [-0.2, 0) is 9.53 Å². The Morgan fingerprint density at radius 3 is 2.21 bits per heavy atom. The Kier molecular flexibility index (Phi) is 8.79. The second-order valence-electron chi connectivity index (χ2n) is 8.65. The number of carbonyl (C=O) groups excluding carboxylic acids is 2. The summed E-state index contributed by atoms with van der Waals surface area (Å²) in [5.41, 5.74) is 7.28. The van der Waals surface area contributed by atoms with E-state index in [2.05, 4.69) is 24.5 Å². The number of nitrogen functional groups attached to an aromatic ring is 1. The molecule has 0 saturated carbocycles. The molecule has 4 N–H and O–H groups in total. The zero-order valence-corrected chi connectivity index (χ0v) is 18.4. The summed E-state index contributed by atoms with van der Waals surface area (Å²) in [4.78, 5) is 25.2. The zero-order chi connectivity index (χ0) is 21.5. The van der Waals surface area contributed by atoms with Crippen LogP contribution in [0, 0.1) is 5.92 Å². The Morgan fingerprint density at radius 2 is 1.75 bits per heavy atom. The molecule has 1 aromatic rings. The van der Waals surface area contributed by atoms with Gasteiger partial charge in [-0.15, -0.1) is 0 Å². The summed E-state index contributed by atoms with van der Waals surface area (Å²) in [6, 6.07) is 4.81. The number of hydrogen-bond donors (Lipinski definition) is 3. The highest BCUT2D eigenvalue weighted by molar-refractivity contribution is 5.98. The first-order valence-corrected chi connectivity index (χ1v) is 10.2. The van der Waals surface area contributed by atoms with Gasteiger partial charge in [0.2, 0.25) is 0 Å². The molecule has 0 saturated heterocycles. The molecule has 0 aromatic heterocycles. The number of nitrogens with two attached hydrogens (primary N) is 1. The average molecular weight is 392 g/mol. The molecule has 28 heavy (non-hydrogen) atoms. The highest BCUT2D eigenvalue weighted by Gasteiger charge is 2.27. The summed E-state index contributed by atoms with van der Waals surface area (Å²) < 4.78 is 5.46. The van der Waals surface area contributed by atoms with Crippen molar-refractivity contribution in [3.8, 4) is 0 Å². The van der Waals surface area contributed by atoms with E-state index in [0.29, 0.717) is 23.7 Å². The van der Waals surface area contributed by atoms with Crippen LogP contribution in [0.3, 0.4) is 0 Å². The summed E-state index contributed by atoms with van der Waals surface area (Å²) in [5.74, 6) is -0.527. The fourth-order valence-corrected chi connectivity index (χ4v) is 2.85. The van der Waals surface area contributed by atoms with Crippen LogP contribution in [0.4, 0.5) is 11.4 Å². The topological polar surface area (TPSA) is 93.5 Å². The minimum atomic E-state index is -0.699. The molecule has 0 radical (unpaired) electrons. The van der Waals surface area contributed by atoms with Gasteiger partial charge in [-0.3, -0.25) is 4.79 Å². The van der Waals surface area contributed by atoms with Crippen molar-refractivity contribution in [2.45, 2.75) is 85.4 Å². The van der Waals surface area contributed by atoms with Gasteiger partial charge in [0.05, 0.1) is 11.4 Å². The molecule has 1 amide bonds. The molecule has 0 aliphatic carbocycles. The molecule has 6 heteroatoms. The Hall–Kier alpha value is -2.24. The second-order valence-corrected chi connectivity index (χ2v) is 8.65. The maximum atomic E-state index is 12.7. The molecule has 1 atom stereocenters. The number of ether oxygens (including phenoxy) is 1. The summed E-state index contributed by atoms with van der Waals surface area (Å²) >= 11 is 0. The van der Waals surface area contributed by atoms with Gasteiger partial charge in [0, 0.05) is 11.6 Å². The molecule has 0 aliphatic rings. The van der Waals surface area contributed by atoms with Crippen LogP contribution in [0.2, 0.25) is 0 Å². The van der Waals surface area contributed by atoms with Crippen LogP contribution in [-0.4, -0.2) is 29.6 Å². The lowest BCUT2D eigenvalue weighted by Gasteiger charge is -2.25. The Labute approximate surface area is 169 Å². The van der Waals surface area contributed by atoms with E-state index in [4.69, 9.17) is 10.5 Å². The second kappa shape index (κ2) is 10.3. The number of nitrogens with one attached hydrogen (secondary N) is 2. The van der Waals surface area contributed by atoms with Gasteiger partial charge in [0.25, 0.3) is 5.91 Å². The van der Waals surface area contributed by atoms with Crippen molar-refractivity contribution in [1.82, 2.24) is 5.32 Å². The van der Waals surface area contributed by atoms with Crippen LogP contribution < -0.4 is 16.4 Å². The Bertz CT molecular complexity index is 661. The average Bonchev–Trinajstić information content (AvgIpc) is 2.58. The number of amides is 1. The van der Waals surface area contributed by atoms with E-state index in [1.54, 1.807) is 12.1 Å². The molecule has 1 rings (SSSR count). The van der Waals surface area contributed by atoms with Gasteiger partial charge < -0.3 is 21.1 Å². The van der Waals surface area contributed by atoms with Crippen molar-refractivity contribution in [2.75, 3.05) is 11.1 Å². The summed E-state index contributed by atoms with van der Waals surface area (Å²) in [6.07, 6.45) is 2.49. The van der Waals surface area contributed by atoms with Gasteiger partial charge in [-0.1, -0.05) is 27.7 Å². The predicted molar refractivity (Wildman–Crippen MR) is 115 cm³/mol. The van der Waals surface area contributed by atoms with Gasteiger partial charge >= 0.3 is 5.97 Å². The van der Waals surface area contributed by atoms with Crippen LogP contribution in [0.15, 0.2) is 18.2 Å². The molecule has 0 unspecified atom stereocenters. The molecule has 0 heterocycles. The first-order valence-electron chi connectivity index (χ1n) is 10.2. The van der Waals surface area contributed by atoms with E-state index < -0.39 is 17.6 Å². The molecular formula is C22H37N3O3. The van der Waals surface area contributed by atoms with Gasteiger partial charge in [-0.25, -0.2) is 4.79 Å². The van der Waals surface area contributed by atoms with E-state index >= 15 is 0 Å². The molecule has 0 aliphatic heterocycles. The Balaban J connectivity index is 2.92. The van der Waals surface area contributed by atoms with Crippen molar-refractivity contribution in [3.63, 3.8) is 0 Å². The highest BCUT2D eigenvalue weighted by Crippen LogP contribution is 2.22. The van der Waals surface area contributed by atoms with E-state index in [0.717, 1.165) is 18.5 Å². The van der Waals surface area contributed by atoms with Crippen molar-refractivity contribution in [1.29, 1.82) is 0 Å². The number of esters is 1. The fourth-order valence-electron chi connectivity index (χ4n) is 2.85. The van der Waals surface area contributed by atoms with E-state index in [-0.39, 0.29) is 11.8 Å². The number of carbonyl (C=O) groups is 2. The number of benzene rings is 1. The van der Waals surface area contributed by atoms with E-state index in [1.807, 2.05) is 40.7 Å². The molecule has 158 valence electrons. The Morgan fingerprint density at radius 1 is 1.14 bits per heavy atom. The molecule has 1 aromatic carbocycles. The fraction of sp³-hybridized carbons (Fsp3) is 0.636. The molecule has 0 spiro atoms. The summed E-state index contributed by atoms with van der Waals surface area (Å²) in [7, 11) is 0. The highest BCUT2D eigenvalue weighted by atomic mass is 16.6. The third-order valence-corrected chi connectivity index (χ3v) is 4.36. The van der Waals surface area contributed by atoms with Gasteiger partial charge in [-0.2, -0.15) is 0 Å². The quantitative estimate of drug-likeness (QED) is 0.430. The van der Waals surface area contributed by atoms with Gasteiger partial charge in [0.1, 0.15) is 11.6 Å². The van der Waals surface area contributed by atoms with Gasteiger partial charge in [0.15, 0.2) is 0 Å². The minimum absolute atomic E-state index is 0.231. The molecular weight excluding hydrogens is 354 g/mol. The first-order chi connectivity index (χ1) is 13.0. The number of anilines is 2.